The average molecular weight is 432 g/mol. The molecule has 0 aromatic rings. The zero-order valence-electron chi connectivity index (χ0n) is 18.1. The van der Waals surface area contributed by atoms with E-state index in [0.717, 1.165) is 0 Å². The third kappa shape index (κ3) is 2.22. The maximum Gasteiger partial charge on any atom is 0.304 e. The Morgan fingerprint density at radius 2 is 1.97 bits per heavy atom. The summed E-state index contributed by atoms with van der Waals surface area (Å²) in [5.41, 5.74) is -2.83. The monoisotopic (exact) mass is 432 g/mol. The molecule has 0 radical (unpaired) electrons. The number of epoxide rings is 1. The summed E-state index contributed by atoms with van der Waals surface area (Å²) in [5.74, 6) is -2.29. The quantitative estimate of drug-likeness (QED) is 0.662. The molecule has 1 spiro atoms. The number of carbonyl (C=O) groups is 3. The van der Waals surface area contributed by atoms with E-state index in [1.807, 2.05) is 20.8 Å². The fourth-order valence-electron chi connectivity index (χ4n) is 8.53. The Balaban J connectivity index is 1.64. The highest BCUT2D eigenvalue weighted by Crippen LogP contribution is 2.78. The second-order valence-corrected chi connectivity index (χ2v) is 10.7. The van der Waals surface area contributed by atoms with Crippen LogP contribution in [0.15, 0.2) is 23.8 Å². The predicted molar refractivity (Wildman–Crippen MR) is 108 cm³/mol. The van der Waals surface area contributed by atoms with Crippen molar-refractivity contribution in [3.05, 3.63) is 23.8 Å². The van der Waals surface area contributed by atoms with E-state index >= 15 is 4.39 Å². The van der Waals surface area contributed by atoms with E-state index in [0.29, 0.717) is 18.4 Å². The zero-order valence-corrected chi connectivity index (χ0v) is 18.1. The number of aliphatic carboxylic acids is 1. The number of rotatable bonds is 4. The molecule has 4 fully saturated rings. The van der Waals surface area contributed by atoms with Crippen LogP contribution in [0.3, 0.4) is 0 Å². The fourth-order valence-corrected chi connectivity index (χ4v) is 8.53. The molecule has 4 aliphatic carbocycles. The summed E-state index contributed by atoms with van der Waals surface area (Å²) >= 11 is 0. The number of carboxylic acids is 1. The first-order valence-corrected chi connectivity index (χ1v) is 11.1. The summed E-state index contributed by atoms with van der Waals surface area (Å²) in [4.78, 5) is 37.0. The molecule has 0 aromatic carbocycles. The van der Waals surface area contributed by atoms with Crippen LogP contribution in [0.2, 0.25) is 0 Å². The summed E-state index contributed by atoms with van der Waals surface area (Å²) < 4.78 is 21.9. The van der Waals surface area contributed by atoms with Gasteiger partial charge < -0.3 is 14.9 Å². The van der Waals surface area contributed by atoms with Crippen LogP contribution in [0.1, 0.15) is 46.5 Å². The molecular formula is C24H29FO6. The van der Waals surface area contributed by atoms with E-state index in [1.165, 1.54) is 12.2 Å². The van der Waals surface area contributed by atoms with Crippen LogP contribution in [0, 0.1) is 34.0 Å². The van der Waals surface area contributed by atoms with Crippen molar-refractivity contribution in [3.63, 3.8) is 0 Å². The van der Waals surface area contributed by atoms with Crippen LogP contribution in [0.4, 0.5) is 4.39 Å². The van der Waals surface area contributed by atoms with Gasteiger partial charge in [0, 0.05) is 5.41 Å². The summed E-state index contributed by atoms with van der Waals surface area (Å²) in [7, 11) is 0. The first kappa shape index (κ1) is 21.0. The van der Waals surface area contributed by atoms with E-state index in [4.69, 9.17) is 4.74 Å². The third-order valence-electron chi connectivity index (χ3n) is 9.85. The minimum Gasteiger partial charge on any atom is -0.481 e. The third-order valence-corrected chi connectivity index (χ3v) is 9.85. The highest BCUT2D eigenvalue weighted by atomic mass is 19.1. The van der Waals surface area contributed by atoms with Crippen molar-refractivity contribution < 1.29 is 33.7 Å². The van der Waals surface area contributed by atoms with Crippen molar-refractivity contribution in [1.82, 2.24) is 0 Å². The van der Waals surface area contributed by atoms with Gasteiger partial charge in [0.15, 0.2) is 11.6 Å². The van der Waals surface area contributed by atoms with E-state index in [1.54, 1.807) is 6.08 Å². The topological polar surface area (TPSA) is 104 Å². The number of ketones is 2. The number of carboxylic acid groups (broad SMARTS) is 1. The Morgan fingerprint density at radius 3 is 2.61 bits per heavy atom. The molecule has 3 saturated carbocycles. The van der Waals surface area contributed by atoms with E-state index in [2.05, 4.69) is 0 Å². The number of carbonyl (C=O) groups excluding carboxylic acids is 2. The number of fused-ring (bicyclic) bond motifs is 3. The van der Waals surface area contributed by atoms with E-state index in [-0.39, 0.29) is 42.5 Å². The minimum absolute atomic E-state index is 0.112. The van der Waals surface area contributed by atoms with Gasteiger partial charge in [0.25, 0.3) is 0 Å². The molecule has 1 aliphatic heterocycles. The molecule has 168 valence electrons. The summed E-state index contributed by atoms with van der Waals surface area (Å²) in [6.07, 6.45) is 4.06. The number of aliphatic hydroxyl groups is 1. The van der Waals surface area contributed by atoms with Crippen molar-refractivity contribution in [3.8, 4) is 0 Å². The first-order chi connectivity index (χ1) is 14.5. The van der Waals surface area contributed by atoms with Crippen LogP contribution in [0.5, 0.6) is 0 Å². The van der Waals surface area contributed by atoms with E-state index in [9.17, 15) is 24.6 Å². The highest BCUT2D eigenvalue weighted by Gasteiger charge is 2.82. The molecule has 2 N–H and O–H groups in total. The molecule has 7 heteroatoms. The smallest absolute Gasteiger partial charge is 0.304 e. The van der Waals surface area contributed by atoms with Gasteiger partial charge in [-0.25, -0.2) is 4.39 Å². The van der Waals surface area contributed by atoms with Gasteiger partial charge in [-0.3, -0.25) is 14.4 Å². The SMILES string of the molecule is C[C@H]1C[C@H]2[C@@H]3C[C@H](F)C4=CC(=O)C=C[C@]4(C)[C@@]34O[C@H]4C[C@]2(C)[C@@]1(CC(=O)O)C(=O)CO. The molecule has 0 aromatic heterocycles. The van der Waals surface area contributed by atoms with Crippen LogP contribution in [0.25, 0.3) is 0 Å². The molecule has 5 rings (SSSR count). The molecule has 31 heavy (non-hydrogen) atoms. The van der Waals surface area contributed by atoms with Gasteiger partial charge in [0.2, 0.25) is 0 Å². The van der Waals surface area contributed by atoms with Crippen molar-refractivity contribution in [2.75, 3.05) is 6.61 Å². The average Bonchev–Trinajstić information content (AvgIpc) is 3.38. The van der Waals surface area contributed by atoms with Gasteiger partial charge in [0.1, 0.15) is 18.4 Å². The molecule has 0 amide bonds. The summed E-state index contributed by atoms with van der Waals surface area (Å²) in [5, 5.41) is 19.5. The van der Waals surface area contributed by atoms with Crippen molar-refractivity contribution in [1.29, 1.82) is 0 Å². The maximum absolute atomic E-state index is 15.5. The standard InChI is InChI=1S/C24H29FO6/c1-12-6-14-15-8-17(25)16-7-13(27)4-5-21(16,2)24(15)19(31-24)9-22(14,3)23(12,10-20(29)30)18(28)11-26/h4-5,7,12,14-15,17,19,26H,6,8-11H2,1-3H3,(H,29,30)/t12-,14-,15-,17-,19-,21-,22-,23+,24+/m0/s1. The van der Waals surface area contributed by atoms with Gasteiger partial charge in [-0.05, 0) is 67.1 Å². The number of alkyl halides is 1. The molecule has 6 nitrogen and oxygen atoms in total. The normalized spacial score (nSPS) is 51.8. The Morgan fingerprint density at radius 1 is 1.26 bits per heavy atom. The number of hydrogen-bond acceptors (Lipinski definition) is 5. The summed E-state index contributed by atoms with van der Waals surface area (Å²) in [6, 6.07) is 0. The van der Waals surface area contributed by atoms with Crippen molar-refractivity contribution in [2.45, 2.75) is 64.3 Å². The Kier molecular flexibility index (Phi) is 4.16. The van der Waals surface area contributed by atoms with E-state index < -0.39 is 46.4 Å². The Labute approximate surface area is 180 Å². The number of hydrogen-bond donors (Lipinski definition) is 2. The lowest BCUT2D eigenvalue weighted by Gasteiger charge is -2.57. The lowest BCUT2D eigenvalue weighted by Crippen LogP contribution is -2.61. The molecule has 1 saturated heterocycles. The largest absolute Gasteiger partial charge is 0.481 e. The molecule has 9 atom stereocenters. The van der Waals surface area contributed by atoms with Crippen LogP contribution in [-0.2, 0) is 19.1 Å². The lowest BCUT2D eigenvalue weighted by atomic mass is 9.44. The van der Waals surface area contributed by atoms with Crippen molar-refractivity contribution in [2.24, 2.45) is 34.0 Å². The number of ether oxygens (including phenoxy) is 1. The lowest BCUT2D eigenvalue weighted by molar-refractivity contribution is -0.158. The summed E-state index contributed by atoms with van der Waals surface area (Å²) in [6.45, 7) is 5.07. The van der Waals surface area contributed by atoms with Crippen LogP contribution >= 0.6 is 0 Å². The second-order valence-electron chi connectivity index (χ2n) is 10.7. The first-order valence-electron chi connectivity index (χ1n) is 11.1. The highest BCUT2D eigenvalue weighted by molar-refractivity contribution is 6.01. The minimum atomic E-state index is -1.29. The van der Waals surface area contributed by atoms with Gasteiger partial charge in [-0.2, -0.15) is 0 Å². The van der Waals surface area contributed by atoms with Gasteiger partial charge >= 0.3 is 5.97 Å². The van der Waals surface area contributed by atoms with Crippen LogP contribution < -0.4 is 0 Å². The second kappa shape index (κ2) is 6.13. The zero-order chi connectivity index (χ0) is 22.6. The van der Waals surface area contributed by atoms with Crippen molar-refractivity contribution >= 4 is 17.5 Å². The van der Waals surface area contributed by atoms with Crippen LogP contribution in [-0.4, -0.2) is 52.2 Å². The molecule has 5 aliphatic rings. The fraction of sp³-hybridized carbons (Fsp3) is 0.708. The number of Topliss-reactive ketones (excluding diaryl/α,β-unsaturated/α-hetero) is 1. The van der Waals surface area contributed by atoms with Gasteiger partial charge in [-0.15, -0.1) is 0 Å². The number of halogens is 1. The van der Waals surface area contributed by atoms with Gasteiger partial charge in [0.05, 0.1) is 17.9 Å². The van der Waals surface area contributed by atoms with Gasteiger partial charge in [-0.1, -0.05) is 19.9 Å². The number of aliphatic hydroxyl groups excluding tert-OH is 1. The Bertz CT molecular complexity index is 956. The molecule has 0 bridgehead atoms. The predicted octanol–water partition coefficient (Wildman–Crippen LogP) is 2.64. The molecule has 0 unspecified atom stereocenters. The molecular weight excluding hydrogens is 403 g/mol. The number of allylic oxidation sites excluding steroid dienone is 2. The maximum atomic E-state index is 15.5. The Hall–Kier alpha value is -1.86. The molecule has 1 heterocycles.